The number of carbonyl (C=O) groups excluding carboxylic acids is 1. The van der Waals surface area contributed by atoms with Gasteiger partial charge in [-0.15, -0.1) is 0 Å². The number of hydrogen-bond acceptors (Lipinski definition) is 3. The van der Waals surface area contributed by atoms with Gasteiger partial charge < -0.3 is 14.7 Å². The Bertz CT molecular complexity index is 504. The van der Waals surface area contributed by atoms with Gasteiger partial charge in [0.1, 0.15) is 11.6 Å². The van der Waals surface area contributed by atoms with Crippen LogP contribution in [0.1, 0.15) is 24.2 Å². The van der Waals surface area contributed by atoms with Crippen LogP contribution in [0.15, 0.2) is 18.2 Å². The molecule has 0 aliphatic carbocycles. The number of halogens is 1. The Morgan fingerprint density at radius 3 is 2.55 bits per heavy atom. The number of amides is 1. The van der Waals surface area contributed by atoms with Crippen molar-refractivity contribution in [1.82, 2.24) is 4.90 Å². The van der Waals surface area contributed by atoms with E-state index in [1.807, 2.05) is 0 Å². The van der Waals surface area contributed by atoms with Gasteiger partial charge in [-0.2, -0.15) is 0 Å². The Morgan fingerprint density at radius 1 is 1.45 bits per heavy atom. The molecular weight excluding hydrogens is 265 g/mol. The van der Waals surface area contributed by atoms with Crippen LogP contribution in [-0.2, 0) is 4.79 Å². The highest BCUT2D eigenvalue weighted by atomic mass is 19.1. The van der Waals surface area contributed by atoms with E-state index in [-0.39, 0.29) is 12.1 Å². The molecule has 0 aliphatic heterocycles. The molecule has 0 aliphatic rings. The molecule has 1 N–H and O–H groups in total. The van der Waals surface area contributed by atoms with Gasteiger partial charge in [0, 0.05) is 19.2 Å². The molecule has 0 bridgehead atoms. The third-order valence-electron chi connectivity index (χ3n) is 2.99. The smallest absolute Gasteiger partial charge is 0.308 e. The summed E-state index contributed by atoms with van der Waals surface area (Å²) >= 11 is 0. The summed E-state index contributed by atoms with van der Waals surface area (Å²) in [6, 6.07) is 3.96. The van der Waals surface area contributed by atoms with Crippen LogP contribution >= 0.6 is 0 Å². The minimum Gasteiger partial charge on any atom is -0.497 e. The lowest BCUT2D eigenvalue weighted by Gasteiger charge is -2.23. The van der Waals surface area contributed by atoms with Crippen LogP contribution in [0.2, 0.25) is 0 Å². The van der Waals surface area contributed by atoms with Gasteiger partial charge in [0.25, 0.3) is 5.91 Å². The second-order valence-electron chi connectivity index (χ2n) is 4.43. The minimum atomic E-state index is -0.994. The number of methoxy groups -OCH3 is 1. The summed E-state index contributed by atoms with van der Waals surface area (Å²) in [5.74, 6) is -2.59. The van der Waals surface area contributed by atoms with Gasteiger partial charge in [-0.3, -0.25) is 9.59 Å². The minimum absolute atomic E-state index is 0.0378. The van der Waals surface area contributed by atoms with Crippen molar-refractivity contribution in [3.05, 3.63) is 29.6 Å². The molecule has 110 valence electrons. The monoisotopic (exact) mass is 283 g/mol. The summed E-state index contributed by atoms with van der Waals surface area (Å²) < 4.78 is 18.7. The van der Waals surface area contributed by atoms with Crippen LogP contribution in [0.25, 0.3) is 0 Å². The number of carboxylic acids is 1. The number of carbonyl (C=O) groups is 2. The Labute approximate surface area is 117 Å². The summed E-state index contributed by atoms with van der Waals surface area (Å²) in [7, 11) is 1.41. The van der Waals surface area contributed by atoms with Gasteiger partial charge in [0.2, 0.25) is 0 Å². The van der Waals surface area contributed by atoms with Crippen molar-refractivity contribution in [3.8, 4) is 5.75 Å². The molecule has 0 saturated carbocycles. The lowest BCUT2D eigenvalue weighted by molar-refractivity contribution is -0.141. The van der Waals surface area contributed by atoms with Crippen molar-refractivity contribution in [3.63, 3.8) is 0 Å². The third-order valence-corrected chi connectivity index (χ3v) is 2.99. The molecule has 5 nitrogen and oxygen atoms in total. The number of ether oxygens (including phenoxy) is 1. The maximum absolute atomic E-state index is 13.8. The van der Waals surface area contributed by atoms with Crippen molar-refractivity contribution in [1.29, 1.82) is 0 Å². The zero-order valence-corrected chi connectivity index (χ0v) is 11.7. The first-order valence-electron chi connectivity index (χ1n) is 6.26. The summed E-state index contributed by atoms with van der Waals surface area (Å²) in [6.45, 7) is 3.56. The summed E-state index contributed by atoms with van der Waals surface area (Å²) in [5, 5.41) is 8.87. The zero-order chi connectivity index (χ0) is 15.3. The van der Waals surface area contributed by atoms with E-state index >= 15 is 0 Å². The third kappa shape index (κ3) is 3.69. The van der Waals surface area contributed by atoms with Gasteiger partial charge in [-0.1, -0.05) is 6.92 Å². The molecule has 0 fully saturated rings. The molecule has 1 aromatic rings. The SMILES string of the molecule is CCN(CC(C)C(=O)O)C(=O)c1ccc(OC)cc1F. The predicted octanol–water partition coefficient (Wildman–Crippen LogP) is 2.02. The van der Waals surface area contributed by atoms with Crippen molar-refractivity contribution >= 4 is 11.9 Å². The van der Waals surface area contributed by atoms with E-state index < -0.39 is 23.6 Å². The molecule has 0 heterocycles. The summed E-state index contributed by atoms with van der Waals surface area (Å²) in [4.78, 5) is 24.3. The summed E-state index contributed by atoms with van der Waals surface area (Å²) in [5.41, 5.74) is -0.0924. The summed E-state index contributed by atoms with van der Waals surface area (Å²) in [6.07, 6.45) is 0. The van der Waals surface area contributed by atoms with Gasteiger partial charge in [-0.25, -0.2) is 4.39 Å². The van der Waals surface area contributed by atoms with E-state index in [4.69, 9.17) is 9.84 Å². The highest BCUT2D eigenvalue weighted by Gasteiger charge is 2.22. The lowest BCUT2D eigenvalue weighted by atomic mass is 10.1. The van der Waals surface area contributed by atoms with E-state index in [1.165, 1.54) is 31.1 Å². The topological polar surface area (TPSA) is 66.8 Å². The van der Waals surface area contributed by atoms with Gasteiger partial charge >= 0.3 is 5.97 Å². The molecule has 0 spiro atoms. The average Bonchev–Trinajstić information content (AvgIpc) is 2.43. The molecule has 1 unspecified atom stereocenters. The van der Waals surface area contributed by atoms with Crippen LogP contribution < -0.4 is 4.74 Å². The fourth-order valence-corrected chi connectivity index (χ4v) is 1.73. The highest BCUT2D eigenvalue weighted by molar-refractivity contribution is 5.94. The van der Waals surface area contributed by atoms with Gasteiger partial charge in [0.15, 0.2) is 0 Å². The molecule has 20 heavy (non-hydrogen) atoms. The maximum atomic E-state index is 13.8. The van der Waals surface area contributed by atoms with Crippen molar-refractivity contribution in [2.45, 2.75) is 13.8 Å². The average molecular weight is 283 g/mol. The molecule has 1 rings (SSSR count). The van der Waals surface area contributed by atoms with E-state index in [9.17, 15) is 14.0 Å². The van der Waals surface area contributed by atoms with Crippen LogP contribution in [0.4, 0.5) is 4.39 Å². The Morgan fingerprint density at radius 2 is 2.10 bits per heavy atom. The number of rotatable bonds is 6. The quantitative estimate of drug-likeness (QED) is 0.867. The number of nitrogens with zero attached hydrogens (tertiary/aromatic N) is 1. The van der Waals surface area contributed by atoms with Crippen LogP contribution in [0, 0.1) is 11.7 Å². The van der Waals surface area contributed by atoms with Gasteiger partial charge in [-0.05, 0) is 19.1 Å². The zero-order valence-electron chi connectivity index (χ0n) is 11.7. The number of hydrogen-bond donors (Lipinski definition) is 1. The fourth-order valence-electron chi connectivity index (χ4n) is 1.73. The van der Waals surface area contributed by atoms with E-state index in [0.717, 1.165) is 6.07 Å². The Kier molecular flexibility index (Phi) is 5.49. The predicted molar refractivity (Wildman–Crippen MR) is 71.3 cm³/mol. The fraction of sp³-hybridized carbons (Fsp3) is 0.429. The normalized spacial score (nSPS) is 11.8. The molecule has 1 aromatic carbocycles. The second kappa shape index (κ2) is 6.88. The van der Waals surface area contributed by atoms with Crippen molar-refractivity contribution < 1.29 is 23.8 Å². The number of carboxylic acid groups (broad SMARTS) is 1. The first-order chi connectivity index (χ1) is 9.40. The van der Waals surface area contributed by atoms with Crippen molar-refractivity contribution in [2.75, 3.05) is 20.2 Å². The maximum Gasteiger partial charge on any atom is 0.308 e. The first kappa shape index (κ1) is 15.9. The highest BCUT2D eigenvalue weighted by Crippen LogP contribution is 2.18. The molecule has 6 heteroatoms. The lowest BCUT2D eigenvalue weighted by Crippen LogP contribution is -2.37. The standard InChI is InChI=1S/C14H18FNO4/c1-4-16(8-9(2)14(18)19)13(17)11-6-5-10(20-3)7-12(11)15/h5-7,9H,4,8H2,1-3H3,(H,18,19). The van der Waals surface area contributed by atoms with Crippen LogP contribution in [0.5, 0.6) is 5.75 Å². The molecule has 0 saturated heterocycles. The van der Waals surface area contributed by atoms with E-state index in [2.05, 4.69) is 0 Å². The van der Waals surface area contributed by atoms with E-state index in [1.54, 1.807) is 6.92 Å². The molecule has 1 atom stereocenters. The first-order valence-corrected chi connectivity index (χ1v) is 6.26. The van der Waals surface area contributed by atoms with E-state index in [0.29, 0.717) is 12.3 Å². The second-order valence-corrected chi connectivity index (χ2v) is 4.43. The number of benzene rings is 1. The molecular formula is C14H18FNO4. The van der Waals surface area contributed by atoms with Crippen molar-refractivity contribution in [2.24, 2.45) is 5.92 Å². The largest absolute Gasteiger partial charge is 0.497 e. The Hall–Kier alpha value is -2.11. The number of aliphatic carboxylic acids is 1. The molecule has 0 aromatic heterocycles. The van der Waals surface area contributed by atoms with Crippen LogP contribution in [0.3, 0.4) is 0 Å². The molecule has 1 amide bonds. The van der Waals surface area contributed by atoms with Crippen LogP contribution in [-0.4, -0.2) is 42.1 Å². The molecule has 0 radical (unpaired) electrons. The van der Waals surface area contributed by atoms with Gasteiger partial charge in [0.05, 0.1) is 18.6 Å². The Balaban J connectivity index is 2.94.